The lowest BCUT2D eigenvalue weighted by Gasteiger charge is -2.12. The molecule has 1 heterocycles. The molecule has 22 heavy (non-hydrogen) atoms. The molecule has 0 radical (unpaired) electrons. The van der Waals surface area contributed by atoms with Crippen LogP contribution in [0.2, 0.25) is 0 Å². The summed E-state index contributed by atoms with van der Waals surface area (Å²) in [4.78, 5) is 11.0. The van der Waals surface area contributed by atoms with Gasteiger partial charge in [0.15, 0.2) is 0 Å². The number of nitrogens with one attached hydrogen (secondary N) is 1. The van der Waals surface area contributed by atoms with E-state index in [2.05, 4.69) is 9.62 Å². The summed E-state index contributed by atoms with van der Waals surface area (Å²) >= 11 is 1.74. The van der Waals surface area contributed by atoms with Crippen molar-refractivity contribution >= 4 is 24.0 Å². The number of para-hydroxylation sites is 1. The lowest BCUT2D eigenvalue weighted by Crippen LogP contribution is -2.08. The molecule has 2 aromatic carbocycles. The van der Waals surface area contributed by atoms with Gasteiger partial charge in [-0.15, -0.1) is 0 Å². The summed E-state index contributed by atoms with van der Waals surface area (Å²) in [5.74, 6) is 0.351. The fraction of sp³-hybridized carbons (Fsp3) is 0.235. The molecule has 0 bridgehead atoms. The molecule has 3 rings (SSSR count). The van der Waals surface area contributed by atoms with E-state index < -0.39 is 0 Å². The third-order valence-corrected chi connectivity index (χ3v) is 4.20. The van der Waals surface area contributed by atoms with Crippen LogP contribution in [-0.4, -0.2) is 28.9 Å². The Hall–Kier alpha value is -1.98. The molecule has 116 valence electrons. The van der Waals surface area contributed by atoms with Gasteiger partial charge < -0.3 is 10.4 Å². The Morgan fingerprint density at radius 2 is 1.77 bits per heavy atom. The summed E-state index contributed by atoms with van der Waals surface area (Å²) in [6, 6.07) is 16.7. The fourth-order valence-electron chi connectivity index (χ4n) is 2.07. The van der Waals surface area contributed by atoms with Gasteiger partial charge in [-0.05, 0) is 55.1 Å². The molecule has 4 nitrogen and oxygen atoms in total. The molecule has 0 aromatic heterocycles. The molecule has 2 aromatic rings. The number of phenols is 1. The van der Waals surface area contributed by atoms with E-state index in [0.717, 1.165) is 10.6 Å². The molecule has 2 N–H and O–H groups in total. The van der Waals surface area contributed by atoms with Crippen LogP contribution in [0.1, 0.15) is 12.8 Å². The van der Waals surface area contributed by atoms with Crippen LogP contribution in [0.15, 0.2) is 59.5 Å². The van der Waals surface area contributed by atoms with Crippen LogP contribution >= 0.6 is 11.9 Å². The number of anilines is 1. The highest BCUT2D eigenvalue weighted by Gasteiger charge is 2.12. The second kappa shape index (κ2) is 9.12. The first-order valence-electron chi connectivity index (χ1n) is 7.25. The number of rotatable bonds is 4. The van der Waals surface area contributed by atoms with E-state index >= 15 is 0 Å². The van der Waals surface area contributed by atoms with Gasteiger partial charge in [0.05, 0.1) is 0 Å². The second-order valence-corrected chi connectivity index (χ2v) is 6.02. The third kappa shape index (κ3) is 5.79. The van der Waals surface area contributed by atoms with Gasteiger partial charge in [0, 0.05) is 23.7 Å². The van der Waals surface area contributed by atoms with Gasteiger partial charge in [0.1, 0.15) is 5.75 Å². The van der Waals surface area contributed by atoms with Crippen LogP contribution in [0.4, 0.5) is 5.69 Å². The van der Waals surface area contributed by atoms with E-state index in [9.17, 15) is 9.90 Å². The summed E-state index contributed by atoms with van der Waals surface area (Å²) in [7, 11) is 0. The van der Waals surface area contributed by atoms with Gasteiger partial charge in [-0.2, -0.15) is 0 Å². The van der Waals surface area contributed by atoms with Crippen molar-refractivity contribution in [2.75, 3.05) is 18.4 Å². The predicted molar refractivity (Wildman–Crippen MR) is 90.9 cm³/mol. The van der Waals surface area contributed by atoms with E-state index in [-0.39, 0.29) is 0 Å². The van der Waals surface area contributed by atoms with Gasteiger partial charge >= 0.3 is 0 Å². The predicted octanol–water partition coefficient (Wildman–Crippen LogP) is 3.75. The quantitative estimate of drug-likeness (QED) is 0.666. The summed E-state index contributed by atoms with van der Waals surface area (Å²) in [5, 5.41) is 11.8. The van der Waals surface area contributed by atoms with E-state index in [1.807, 2.05) is 48.5 Å². The normalized spacial score (nSPS) is 14.0. The molecule has 1 aliphatic rings. The summed E-state index contributed by atoms with van der Waals surface area (Å²) < 4.78 is 2.34. The van der Waals surface area contributed by atoms with Crippen LogP contribution in [-0.2, 0) is 4.79 Å². The van der Waals surface area contributed by atoms with Crippen molar-refractivity contribution in [2.24, 2.45) is 0 Å². The van der Waals surface area contributed by atoms with Crippen molar-refractivity contribution in [1.29, 1.82) is 0 Å². The fourth-order valence-corrected chi connectivity index (χ4v) is 3.12. The zero-order valence-corrected chi connectivity index (χ0v) is 13.1. The first-order chi connectivity index (χ1) is 10.8. The highest BCUT2D eigenvalue weighted by Crippen LogP contribution is 2.28. The molecule has 0 saturated carbocycles. The molecule has 1 amide bonds. The highest BCUT2D eigenvalue weighted by atomic mass is 32.2. The van der Waals surface area contributed by atoms with Gasteiger partial charge in [-0.25, -0.2) is 4.31 Å². The summed E-state index contributed by atoms with van der Waals surface area (Å²) in [6.45, 7) is 2.33. The zero-order valence-electron chi connectivity index (χ0n) is 12.3. The number of aromatic hydroxyl groups is 1. The maximum absolute atomic E-state index is 9.86. The monoisotopic (exact) mass is 316 g/mol. The van der Waals surface area contributed by atoms with Crippen LogP contribution in [0.3, 0.4) is 0 Å². The summed E-state index contributed by atoms with van der Waals surface area (Å²) in [5.41, 5.74) is 0.826. The standard InChI is InChI=1S/C10H13NOS.C7H7NO/c12-9-4-3-5-10(8-9)13-11-6-1-2-7-11;9-6-8-7-4-2-1-3-5-7/h3-5,8,12H,1-2,6-7H2;1-6H,(H,8,9). The lowest BCUT2D eigenvalue weighted by molar-refractivity contribution is -0.105. The number of hydrogen-bond acceptors (Lipinski definition) is 4. The Balaban J connectivity index is 0.000000172. The average Bonchev–Trinajstić information content (AvgIpc) is 3.02. The molecule has 0 spiro atoms. The third-order valence-electron chi connectivity index (χ3n) is 3.12. The van der Waals surface area contributed by atoms with Crippen LogP contribution in [0, 0.1) is 0 Å². The average molecular weight is 316 g/mol. The minimum atomic E-state index is 0.351. The van der Waals surface area contributed by atoms with Gasteiger partial charge in [0.25, 0.3) is 0 Å². The molecule has 0 atom stereocenters. The number of benzene rings is 2. The molecule has 0 unspecified atom stereocenters. The largest absolute Gasteiger partial charge is 0.508 e. The minimum absolute atomic E-state index is 0.351. The zero-order chi connectivity index (χ0) is 15.6. The Bertz CT molecular complexity index is 572. The van der Waals surface area contributed by atoms with Crippen molar-refractivity contribution < 1.29 is 9.90 Å². The maximum Gasteiger partial charge on any atom is 0.211 e. The van der Waals surface area contributed by atoms with Crippen molar-refractivity contribution in [1.82, 2.24) is 4.31 Å². The van der Waals surface area contributed by atoms with E-state index in [1.165, 1.54) is 25.9 Å². The Labute approximate surface area is 135 Å². The maximum atomic E-state index is 9.86. The lowest BCUT2D eigenvalue weighted by atomic mass is 10.3. The molecule has 1 aliphatic heterocycles. The minimum Gasteiger partial charge on any atom is -0.508 e. The first kappa shape index (κ1) is 16.4. The summed E-state index contributed by atoms with van der Waals surface area (Å²) in [6.07, 6.45) is 3.26. The van der Waals surface area contributed by atoms with Crippen molar-refractivity contribution in [3.8, 4) is 5.75 Å². The molecular weight excluding hydrogens is 296 g/mol. The number of carbonyl (C=O) groups excluding carboxylic acids is 1. The molecule has 1 fully saturated rings. The van der Waals surface area contributed by atoms with E-state index in [4.69, 9.17) is 0 Å². The first-order valence-corrected chi connectivity index (χ1v) is 8.02. The number of nitrogens with zero attached hydrogens (tertiary/aromatic N) is 1. The van der Waals surface area contributed by atoms with Crippen LogP contribution < -0.4 is 5.32 Å². The molecule has 5 heteroatoms. The molecule has 0 aliphatic carbocycles. The second-order valence-electron chi connectivity index (χ2n) is 4.85. The Morgan fingerprint density at radius 1 is 1.05 bits per heavy atom. The van der Waals surface area contributed by atoms with E-state index in [1.54, 1.807) is 18.0 Å². The smallest absolute Gasteiger partial charge is 0.211 e. The van der Waals surface area contributed by atoms with Crippen LogP contribution in [0.25, 0.3) is 0 Å². The van der Waals surface area contributed by atoms with Crippen molar-refractivity contribution in [2.45, 2.75) is 17.7 Å². The number of amides is 1. The number of hydrogen-bond donors (Lipinski definition) is 2. The molecule has 1 saturated heterocycles. The topological polar surface area (TPSA) is 52.6 Å². The van der Waals surface area contributed by atoms with E-state index in [0.29, 0.717) is 12.2 Å². The van der Waals surface area contributed by atoms with Crippen molar-refractivity contribution in [3.05, 3.63) is 54.6 Å². The Kier molecular flexibility index (Phi) is 6.80. The Morgan fingerprint density at radius 3 is 2.41 bits per heavy atom. The van der Waals surface area contributed by atoms with Gasteiger partial charge in [0.2, 0.25) is 6.41 Å². The van der Waals surface area contributed by atoms with Crippen LogP contribution in [0.5, 0.6) is 5.75 Å². The van der Waals surface area contributed by atoms with Gasteiger partial charge in [-0.3, -0.25) is 4.79 Å². The highest BCUT2D eigenvalue weighted by molar-refractivity contribution is 7.97. The van der Waals surface area contributed by atoms with Gasteiger partial charge in [-0.1, -0.05) is 24.3 Å². The number of carbonyl (C=O) groups is 1. The SMILES string of the molecule is O=CNc1ccccc1.Oc1cccc(SN2CCCC2)c1. The molecular formula is C17H20N2O2S. The number of phenolic OH excluding ortho intramolecular Hbond substituents is 1. The van der Waals surface area contributed by atoms with Crippen molar-refractivity contribution in [3.63, 3.8) is 0 Å².